The second-order valence-corrected chi connectivity index (χ2v) is 3.84. The molecular formula is C13H18FNO2. The topological polar surface area (TPSA) is 40.5 Å². The van der Waals surface area contributed by atoms with E-state index in [1.165, 1.54) is 24.3 Å². The van der Waals surface area contributed by atoms with Gasteiger partial charge in [-0.25, -0.2) is 4.39 Å². The van der Waals surface area contributed by atoms with Crippen LogP contribution < -0.4 is 0 Å². The summed E-state index contributed by atoms with van der Waals surface area (Å²) < 4.78 is 12.7. The Kier molecular flexibility index (Phi) is 5.80. The van der Waals surface area contributed by atoms with Crippen LogP contribution in [0.15, 0.2) is 24.3 Å². The van der Waals surface area contributed by atoms with Gasteiger partial charge in [-0.1, -0.05) is 6.92 Å². The highest BCUT2D eigenvalue weighted by Crippen LogP contribution is 2.06. The van der Waals surface area contributed by atoms with Crippen molar-refractivity contribution >= 4 is 5.78 Å². The number of nitrogens with zero attached hydrogens (tertiary/aromatic N) is 1. The van der Waals surface area contributed by atoms with Crippen LogP contribution in [-0.4, -0.2) is 42.0 Å². The Morgan fingerprint density at radius 1 is 1.29 bits per heavy atom. The number of carbonyl (C=O) groups is 1. The van der Waals surface area contributed by atoms with Crippen molar-refractivity contribution in [1.82, 2.24) is 4.90 Å². The van der Waals surface area contributed by atoms with Gasteiger partial charge in [0.1, 0.15) is 5.82 Å². The lowest BCUT2D eigenvalue weighted by atomic mass is 10.1. The van der Waals surface area contributed by atoms with Crippen molar-refractivity contribution in [2.24, 2.45) is 0 Å². The molecule has 0 radical (unpaired) electrons. The summed E-state index contributed by atoms with van der Waals surface area (Å²) in [6.45, 7) is 4.08. The fraction of sp³-hybridized carbons (Fsp3) is 0.462. The molecule has 4 heteroatoms. The Morgan fingerprint density at radius 3 is 2.47 bits per heavy atom. The van der Waals surface area contributed by atoms with Gasteiger partial charge in [0.05, 0.1) is 6.61 Å². The molecule has 0 saturated heterocycles. The molecule has 17 heavy (non-hydrogen) atoms. The Bertz CT molecular complexity index is 351. The number of aliphatic hydroxyl groups excluding tert-OH is 1. The standard InChI is InChI=1S/C13H18FNO2/c1-2-15(9-10-16)8-7-13(17)11-3-5-12(14)6-4-11/h3-6,16H,2,7-10H2,1H3. The minimum absolute atomic E-state index is 0.00129. The van der Waals surface area contributed by atoms with E-state index in [-0.39, 0.29) is 18.2 Å². The fourth-order valence-electron chi connectivity index (χ4n) is 1.61. The zero-order valence-corrected chi connectivity index (χ0v) is 10.0. The molecule has 0 aromatic heterocycles. The number of rotatable bonds is 7. The van der Waals surface area contributed by atoms with Gasteiger partial charge < -0.3 is 10.0 Å². The van der Waals surface area contributed by atoms with Crippen molar-refractivity contribution in [3.8, 4) is 0 Å². The number of hydrogen-bond acceptors (Lipinski definition) is 3. The summed E-state index contributed by atoms with van der Waals surface area (Å²) in [7, 11) is 0. The van der Waals surface area contributed by atoms with E-state index >= 15 is 0 Å². The molecule has 1 N–H and O–H groups in total. The number of halogens is 1. The molecule has 0 aliphatic heterocycles. The van der Waals surface area contributed by atoms with Crippen LogP contribution in [0.3, 0.4) is 0 Å². The summed E-state index contributed by atoms with van der Waals surface area (Å²) >= 11 is 0. The zero-order chi connectivity index (χ0) is 12.7. The minimum Gasteiger partial charge on any atom is -0.395 e. The first-order chi connectivity index (χ1) is 8.17. The number of aliphatic hydroxyl groups is 1. The van der Waals surface area contributed by atoms with Gasteiger partial charge in [0.15, 0.2) is 5.78 Å². The van der Waals surface area contributed by atoms with E-state index in [0.717, 1.165) is 6.54 Å². The molecule has 0 saturated carbocycles. The molecule has 0 unspecified atom stereocenters. The maximum atomic E-state index is 12.7. The third-order valence-electron chi connectivity index (χ3n) is 2.68. The molecule has 0 aliphatic rings. The SMILES string of the molecule is CCN(CCO)CCC(=O)c1ccc(F)cc1. The minimum atomic E-state index is -0.336. The van der Waals surface area contributed by atoms with Gasteiger partial charge in [-0.2, -0.15) is 0 Å². The van der Waals surface area contributed by atoms with Crippen molar-refractivity contribution < 1.29 is 14.3 Å². The Hall–Kier alpha value is -1.26. The van der Waals surface area contributed by atoms with Gasteiger partial charge in [0, 0.05) is 25.1 Å². The summed E-state index contributed by atoms with van der Waals surface area (Å²) in [5.74, 6) is -0.335. The van der Waals surface area contributed by atoms with E-state index in [4.69, 9.17) is 5.11 Å². The van der Waals surface area contributed by atoms with Crippen LogP contribution in [0.5, 0.6) is 0 Å². The van der Waals surface area contributed by atoms with Gasteiger partial charge in [0.25, 0.3) is 0 Å². The predicted molar refractivity (Wildman–Crippen MR) is 64.5 cm³/mol. The van der Waals surface area contributed by atoms with Gasteiger partial charge in [-0.05, 0) is 30.8 Å². The van der Waals surface area contributed by atoms with Crippen LogP contribution in [0.25, 0.3) is 0 Å². The third kappa shape index (κ3) is 4.63. The Labute approximate surface area is 101 Å². The molecule has 0 bridgehead atoms. The molecule has 0 amide bonds. The normalized spacial score (nSPS) is 10.8. The number of ketones is 1. The lowest BCUT2D eigenvalue weighted by molar-refractivity contribution is 0.0959. The Balaban J connectivity index is 2.46. The first-order valence-corrected chi connectivity index (χ1v) is 5.79. The highest BCUT2D eigenvalue weighted by Gasteiger charge is 2.08. The summed E-state index contributed by atoms with van der Waals surface area (Å²) in [6, 6.07) is 5.58. The summed E-state index contributed by atoms with van der Waals surface area (Å²) in [5, 5.41) is 8.81. The van der Waals surface area contributed by atoms with Crippen LogP contribution in [-0.2, 0) is 0 Å². The van der Waals surface area contributed by atoms with E-state index in [1.807, 2.05) is 11.8 Å². The van der Waals surface area contributed by atoms with Crippen molar-refractivity contribution in [1.29, 1.82) is 0 Å². The van der Waals surface area contributed by atoms with Crippen molar-refractivity contribution in [3.05, 3.63) is 35.6 Å². The second kappa shape index (κ2) is 7.14. The number of carbonyl (C=O) groups excluding carboxylic acids is 1. The van der Waals surface area contributed by atoms with Crippen molar-refractivity contribution in [2.75, 3.05) is 26.2 Å². The molecule has 3 nitrogen and oxygen atoms in total. The monoisotopic (exact) mass is 239 g/mol. The van der Waals surface area contributed by atoms with Gasteiger partial charge >= 0.3 is 0 Å². The average Bonchev–Trinajstić information content (AvgIpc) is 2.35. The van der Waals surface area contributed by atoms with Crippen LogP contribution >= 0.6 is 0 Å². The summed E-state index contributed by atoms with van der Waals surface area (Å²) in [6.07, 6.45) is 0.388. The maximum Gasteiger partial charge on any atom is 0.164 e. The molecule has 1 rings (SSSR count). The van der Waals surface area contributed by atoms with Gasteiger partial charge in [0.2, 0.25) is 0 Å². The maximum absolute atomic E-state index is 12.7. The van der Waals surface area contributed by atoms with Crippen LogP contribution in [0.1, 0.15) is 23.7 Å². The molecule has 0 fully saturated rings. The van der Waals surface area contributed by atoms with Gasteiger partial charge in [-0.15, -0.1) is 0 Å². The first-order valence-electron chi connectivity index (χ1n) is 5.79. The highest BCUT2D eigenvalue weighted by molar-refractivity contribution is 5.96. The van der Waals surface area contributed by atoms with Crippen molar-refractivity contribution in [3.63, 3.8) is 0 Å². The fourth-order valence-corrected chi connectivity index (χ4v) is 1.61. The van der Waals surface area contributed by atoms with Crippen LogP contribution in [0, 0.1) is 5.82 Å². The van der Waals surface area contributed by atoms with E-state index in [2.05, 4.69) is 0 Å². The molecule has 0 spiro atoms. The molecule has 0 heterocycles. The zero-order valence-electron chi connectivity index (χ0n) is 10.0. The largest absolute Gasteiger partial charge is 0.395 e. The lowest BCUT2D eigenvalue weighted by Gasteiger charge is -2.18. The highest BCUT2D eigenvalue weighted by atomic mass is 19.1. The van der Waals surface area contributed by atoms with Gasteiger partial charge in [-0.3, -0.25) is 4.79 Å². The van der Waals surface area contributed by atoms with E-state index in [0.29, 0.717) is 25.1 Å². The molecule has 0 aliphatic carbocycles. The molecule has 0 atom stereocenters. The summed E-state index contributed by atoms with van der Waals surface area (Å²) in [5.41, 5.74) is 0.534. The number of likely N-dealkylation sites (N-methyl/N-ethyl adjacent to an activating group) is 1. The number of benzene rings is 1. The van der Waals surface area contributed by atoms with E-state index in [1.54, 1.807) is 0 Å². The molecular weight excluding hydrogens is 221 g/mol. The molecule has 1 aromatic carbocycles. The van der Waals surface area contributed by atoms with Crippen molar-refractivity contribution in [2.45, 2.75) is 13.3 Å². The van der Waals surface area contributed by atoms with Crippen LogP contribution in [0.2, 0.25) is 0 Å². The average molecular weight is 239 g/mol. The first kappa shape index (κ1) is 13.8. The second-order valence-electron chi connectivity index (χ2n) is 3.84. The van der Waals surface area contributed by atoms with Crippen LogP contribution in [0.4, 0.5) is 4.39 Å². The third-order valence-corrected chi connectivity index (χ3v) is 2.68. The number of Topliss-reactive ketones (excluding diaryl/α,β-unsaturated/α-hetero) is 1. The predicted octanol–water partition coefficient (Wildman–Crippen LogP) is 1.71. The number of hydrogen-bond donors (Lipinski definition) is 1. The quantitative estimate of drug-likeness (QED) is 0.736. The lowest BCUT2D eigenvalue weighted by Crippen LogP contribution is -2.29. The smallest absolute Gasteiger partial charge is 0.164 e. The molecule has 94 valence electrons. The summed E-state index contributed by atoms with van der Waals surface area (Å²) in [4.78, 5) is 13.8. The van der Waals surface area contributed by atoms with E-state index < -0.39 is 0 Å². The molecule has 1 aromatic rings. The Morgan fingerprint density at radius 2 is 1.94 bits per heavy atom. The van der Waals surface area contributed by atoms with E-state index in [9.17, 15) is 9.18 Å².